The predicted molar refractivity (Wildman–Crippen MR) is 61.2 cm³/mol. The van der Waals surface area contributed by atoms with Gasteiger partial charge in [0, 0.05) is 39.3 Å². The van der Waals surface area contributed by atoms with Gasteiger partial charge in [0.1, 0.15) is 0 Å². The molecule has 2 unspecified atom stereocenters. The number of aliphatic hydroxyl groups excluding tert-OH is 1. The highest BCUT2D eigenvalue weighted by atomic mass is 16.3. The highest BCUT2D eigenvalue weighted by Crippen LogP contribution is 2.15. The summed E-state index contributed by atoms with van der Waals surface area (Å²) in [5, 5.41) is 12.2. The molecule has 0 radical (unpaired) electrons. The molecule has 2 saturated heterocycles. The highest BCUT2D eigenvalue weighted by molar-refractivity contribution is 6.35. The molecule has 2 amide bonds. The molecule has 0 bridgehead atoms. The second kappa shape index (κ2) is 5.01. The molecule has 96 valence electrons. The van der Waals surface area contributed by atoms with E-state index in [1.54, 1.807) is 9.80 Å². The zero-order valence-corrected chi connectivity index (χ0v) is 10.1. The Morgan fingerprint density at radius 1 is 1.47 bits per heavy atom. The Kier molecular flexibility index (Phi) is 3.63. The summed E-state index contributed by atoms with van der Waals surface area (Å²) in [5.74, 6) is -0.814. The topological polar surface area (TPSA) is 72.9 Å². The molecule has 0 aromatic heterocycles. The van der Waals surface area contributed by atoms with E-state index in [-0.39, 0.29) is 18.6 Å². The van der Waals surface area contributed by atoms with Gasteiger partial charge in [-0.25, -0.2) is 0 Å². The van der Waals surface area contributed by atoms with Crippen LogP contribution in [-0.2, 0) is 9.59 Å². The standard InChI is InChI=1S/C11H19N3O3/c1-8(7-15)5-13-6-9-4-12-2-3-14(9)11(17)10(13)16/h8-9,12,15H,2-7H2,1H3. The van der Waals surface area contributed by atoms with E-state index in [1.807, 2.05) is 6.92 Å². The number of fused-ring (bicyclic) bond motifs is 1. The molecule has 2 aliphatic rings. The largest absolute Gasteiger partial charge is 0.396 e. The van der Waals surface area contributed by atoms with Crippen LogP contribution in [0.5, 0.6) is 0 Å². The van der Waals surface area contributed by atoms with E-state index < -0.39 is 11.8 Å². The number of carbonyl (C=O) groups excluding carboxylic acids is 2. The molecule has 2 N–H and O–H groups in total. The number of rotatable bonds is 3. The number of hydrogen-bond acceptors (Lipinski definition) is 4. The molecule has 6 nitrogen and oxygen atoms in total. The Hall–Kier alpha value is -1.14. The summed E-state index contributed by atoms with van der Waals surface area (Å²) >= 11 is 0. The van der Waals surface area contributed by atoms with Crippen LogP contribution in [0.4, 0.5) is 0 Å². The summed E-state index contributed by atoms with van der Waals surface area (Å²) in [7, 11) is 0. The van der Waals surface area contributed by atoms with Crippen LogP contribution >= 0.6 is 0 Å². The molecule has 0 saturated carbocycles. The van der Waals surface area contributed by atoms with E-state index in [2.05, 4.69) is 5.32 Å². The third-order valence-corrected chi connectivity index (χ3v) is 3.36. The van der Waals surface area contributed by atoms with Crippen LogP contribution in [0.2, 0.25) is 0 Å². The van der Waals surface area contributed by atoms with Gasteiger partial charge < -0.3 is 20.2 Å². The van der Waals surface area contributed by atoms with Crippen LogP contribution < -0.4 is 5.32 Å². The zero-order valence-electron chi connectivity index (χ0n) is 10.1. The number of aliphatic hydroxyl groups is 1. The maximum absolute atomic E-state index is 11.9. The number of carbonyl (C=O) groups is 2. The van der Waals surface area contributed by atoms with Crippen LogP contribution in [0.1, 0.15) is 6.92 Å². The lowest BCUT2D eigenvalue weighted by Crippen LogP contribution is -2.66. The van der Waals surface area contributed by atoms with Crippen molar-refractivity contribution in [2.24, 2.45) is 5.92 Å². The molecule has 2 aliphatic heterocycles. The van der Waals surface area contributed by atoms with Gasteiger partial charge in [0.05, 0.1) is 6.04 Å². The van der Waals surface area contributed by atoms with Gasteiger partial charge in [0.25, 0.3) is 0 Å². The number of nitrogens with zero attached hydrogens (tertiary/aromatic N) is 2. The fourth-order valence-corrected chi connectivity index (χ4v) is 2.38. The Labute approximate surface area is 101 Å². The van der Waals surface area contributed by atoms with Crippen LogP contribution in [-0.4, -0.2) is 72.1 Å². The van der Waals surface area contributed by atoms with Gasteiger partial charge in [0.2, 0.25) is 0 Å². The Morgan fingerprint density at radius 3 is 2.94 bits per heavy atom. The SMILES string of the molecule is CC(CO)CN1CC2CNCCN2C(=O)C1=O. The van der Waals surface area contributed by atoms with Crippen molar-refractivity contribution in [2.75, 3.05) is 39.3 Å². The summed E-state index contributed by atoms with van der Waals surface area (Å²) in [6.07, 6.45) is 0. The van der Waals surface area contributed by atoms with Gasteiger partial charge in [0.15, 0.2) is 0 Å². The number of nitrogens with one attached hydrogen (secondary N) is 1. The van der Waals surface area contributed by atoms with Crippen molar-refractivity contribution in [3.63, 3.8) is 0 Å². The smallest absolute Gasteiger partial charge is 0.312 e. The maximum atomic E-state index is 11.9. The van der Waals surface area contributed by atoms with Crippen molar-refractivity contribution in [2.45, 2.75) is 13.0 Å². The van der Waals surface area contributed by atoms with E-state index in [9.17, 15) is 9.59 Å². The van der Waals surface area contributed by atoms with Crippen LogP contribution in [0.15, 0.2) is 0 Å². The third-order valence-electron chi connectivity index (χ3n) is 3.36. The first-order chi connectivity index (χ1) is 8.13. The van der Waals surface area contributed by atoms with Gasteiger partial charge in [-0.1, -0.05) is 6.92 Å². The second-order valence-corrected chi connectivity index (χ2v) is 4.85. The Bertz CT molecular complexity index is 321. The molecule has 0 aliphatic carbocycles. The first-order valence-electron chi connectivity index (χ1n) is 6.05. The molecule has 0 spiro atoms. The molecule has 2 atom stereocenters. The van der Waals surface area contributed by atoms with E-state index in [0.29, 0.717) is 19.6 Å². The zero-order chi connectivity index (χ0) is 12.4. The average Bonchev–Trinajstić information content (AvgIpc) is 2.35. The maximum Gasteiger partial charge on any atom is 0.312 e. The summed E-state index contributed by atoms with van der Waals surface area (Å²) in [6, 6.07) is 0.0832. The minimum Gasteiger partial charge on any atom is -0.396 e. The summed E-state index contributed by atoms with van der Waals surface area (Å²) < 4.78 is 0. The molecule has 0 aromatic carbocycles. The second-order valence-electron chi connectivity index (χ2n) is 4.85. The van der Waals surface area contributed by atoms with Crippen LogP contribution in [0, 0.1) is 5.92 Å². The van der Waals surface area contributed by atoms with E-state index in [1.165, 1.54) is 0 Å². The third kappa shape index (κ3) is 2.42. The number of piperazine rings is 2. The molecule has 2 rings (SSSR count). The average molecular weight is 241 g/mol. The van der Waals surface area contributed by atoms with Crippen molar-refractivity contribution in [3.8, 4) is 0 Å². The summed E-state index contributed by atoms with van der Waals surface area (Å²) in [6.45, 7) is 5.02. The number of hydrogen-bond donors (Lipinski definition) is 2. The van der Waals surface area contributed by atoms with Crippen LogP contribution in [0.25, 0.3) is 0 Å². The molecule has 2 heterocycles. The van der Waals surface area contributed by atoms with Gasteiger partial charge >= 0.3 is 11.8 Å². The van der Waals surface area contributed by atoms with Gasteiger partial charge in [-0.3, -0.25) is 9.59 Å². The predicted octanol–water partition coefficient (Wildman–Crippen LogP) is -1.74. The molecular formula is C11H19N3O3. The van der Waals surface area contributed by atoms with E-state index in [0.717, 1.165) is 13.1 Å². The van der Waals surface area contributed by atoms with Crippen LogP contribution in [0.3, 0.4) is 0 Å². The van der Waals surface area contributed by atoms with Crippen molar-refractivity contribution in [3.05, 3.63) is 0 Å². The van der Waals surface area contributed by atoms with E-state index >= 15 is 0 Å². The van der Waals surface area contributed by atoms with Crippen molar-refractivity contribution in [1.29, 1.82) is 0 Å². The lowest BCUT2D eigenvalue weighted by molar-refractivity contribution is -0.160. The molecule has 0 aromatic rings. The molecule has 2 fully saturated rings. The normalized spacial score (nSPS) is 27.1. The lowest BCUT2D eigenvalue weighted by Gasteiger charge is -2.43. The Morgan fingerprint density at radius 2 is 2.24 bits per heavy atom. The van der Waals surface area contributed by atoms with Gasteiger partial charge in [-0.05, 0) is 5.92 Å². The minimum absolute atomic E-state index is 0.00912. The van der Waals surface area contributed by atoms with Crippen molar-refractivity contribution in [1.82, 2.24) is 15.1 Å². The lowest BCUT2D eigenvalue weighted by atomic mass is 10.1. The molecular weight excluding hydrogens is 222 g/mol. The van der Waals surface area contributed by atoms with E-state index in [4.69, 9.17) is 5.11 Å². The number of amides is 2. The molecule has 6 heteroatoms. The van der Waals surface area contributed by atoms with Crippen molar-refractivity contribution >= 4 is 11.8 Å². The highest BCUT2D eigenvalue weighted by Gasteiger charge is 2.40. The van der Waals surface area contributed by atoms with Crippen molar-refractivity contribution < 1.29 is 14.7 Å². The Balaban J connectivity index is 2.05. The quantitative estimate of drug-likeness (QED) is 0.575. The first-order valence-corrected chi connectivity index (χ1v) is 6.05. The minimum atomic E-state index is -0.427. The summed E-state index contributed by atoms with van der Waals surface area (Å²) in [5.41, 5.74) is 0. The monoisotopic (exact) mass is 241 g/mol. The fourth-order valence-electron chi connectivity index (χ4n) is 2.38. The molecule has 17 heavy (non-hydrogen) atoms. The van der Waals surface area contributed by atoms with Gasteiger partial charge in [-0.15, -0.1) is 0 Å². The summed E-state index contributed by atoms with van der Waals surface area (Å²) in [4.78, 5) is 27.0. The van der Waals surface area contributed by atoms with Gasteiger partial charge in [-0.2, -0.15) is 0 Å². The fraction of sp³-hybridized carbons (Fsp3) is 0.818. The first kappa shape index (κ1) is 12.3.